The van der Waals surface area contributed by atoms with Gasteiger partial charge in [0.25, 0.3) is 0 Å². The summed E-state index contributed by atoms with van der Waals surface area (Å²) in [6, 6.07) is 11.8. The summed E-state index contributed by atoms with van der Waals surface area (Å²) in [6.45, 7) is 1.37. The van der Waals surface area contributed by atoms with Gasteiger partial charge in [-0.2, -0.15) is 17.5 Å². The van der Waals surface area contributed by atoms with Crippen molar-refractivity contribution in [3.63, 3.8) is 0 Å². The average Bonchev–Trinajstić information content (AvgIpc) is 3.22. The largest absolute Gasteiger partial charge is 0.439 e. The second-order valence-electron chi connectivity index (χ2n) is 7.31. The maximum absolute atomic E-state index is 13.0. The SMILES string of the molecule is O=S(=O)(c1cc(C(F)(F)F)ccc1Cl)N1CCN(Cc2ncc(-c3ccccc3)o2)CC1. The molecule has 0 amide bonds. The molecule has 6 nitrogen and oxygen atoms in total. The first-order valence-corrected chi connectivity index (χ1v) is 11.6. The number of oxazole rings is 1. The molecule has 4 rings (SSSR count). The third-order valence-corrected chi connectivity index (χ3v) is 7.56. The quantitative estimate of drug-likeness (QED) is 0.531. The van der Waals surface area contributed by atoms with E-state index in [0.29, 0.717) is 37.4 Å². The van der Waals surface area contributed by atoms with Gasteiger partial charge >= 0.3 is 6.18 Å². The fourth-order valence-corrected chi connectivity index (χ4v) is 5.38. The van der Waals surface area contributed by atoms with Crippen molar-refractivity contribution < 1.29 is 26.0 Å². The molecule has 0 saturated carbocycles. The fraction of sp³-hybridized carbons (Fsp3) is 0.286. The minimum atomic E-state index is -4.66. The first-order chi connectivity index (χ1) is 15.1. The molecule has 0 atom stereocenters. The summed E-state index contributed by atoms with van der Waals surface area (Å²) >= 11 is 5.93. The summed E-state index contributed by atoms with van der Waals surface area (Å²) in [5.74, 6) is 1.14. The molecule has 1 aromatic heterocycles. The third kappa shape index (κ3) is 4.83. The number of nitrogens with zero attached hydrogens (tertiary/aromatic N) is 3. The van der Waals surface area contributed by atoms with Gasteiger partial charge in [-0.25, -0.2) is 13.4 Å². The molecule has 0 unspecified atom stereocenters. The van der Waals surface area contributed by atoms with Crippen LogP contribution in [0.3, 0.4) is 0 Å². The molecule has 1 fully saturated rings. The highest BCUT2D eigenvalue weighted by Crippen LogP contribution is 2.34. The molecule has 1 saturated heterocycles. The Bertz CT molecular complexity index is 1190. The minimum absolute atomic E-state index is 0.112. The molecule has 0 radical (unpaired) electrons. The number of hydrogen-bond acceptors (Lipinski definition) is 5. The van der Waals surface area contributed by atoms with E-state index in [4.69, 9.17) is 16.0 Å². The molecular formula is C21H19ClF3N3O3S. The second-order valence-corrected chi connectivity index (χ2v) is 9.62. The van der Waals surface area contributed by atoms with Crippen LogP contribution in [-0.4, -0.2) is 48.8 Å². The summed E-state index contributed by atoms with van der Waals surface area (Å²) < 4.78 is 71.9. The standard InChI is InChI=1S/C21H19ClF3N3O3S/c22-17-7-6-16(21(23,24)25)12-19(17)32(29,30)28-10-8-27(9-11-28)14-20-26-13-18(31-20)15-4-2-1-3-5-15/h1-7,12-13H,8-11,14H2. The molecule has 170 valence electrons. The van der Waals surface area contributed by atoms with Gasteiger partial charge in [-0.15, -0.1) is 0 Å². The zero-order chi connectivity index (χ0) is 22.9. The van der Waals surface area contributed by atoms with E-state index in [2.05, 4.69) is 4.98 Å². The number of rotatable bonds is 5. The Kier molecular flexibility index (Phi) is 6.30. The van der Waals surface area contributed by atoms with Crippen molar-refractivity contribution in [3.05, 3.63) is 71.2 Å². The monoisotopic (exact) mass is 485 g/mol. The first kappa shape index (κ1) is 22.8. The lowest BCUT2D eigenvalue weighted by Gasteiger charge is -2.33. The van der Waals surface area contributed by atoms with Gasteiger partial charge in [-0.05, 0) is 18.2 Å². The van der Waals surface area contributed by atoms with Crippen molar-refractivity contribution >= 4 is 21.6 Å². The van der Waals surface area contributed by atoms with Gasteiger partial charge in [-0.1, -0.05) is 41.9 Å². The predicted octanol–water partition coefficient (Wildman–Crippen LogP) is 4.52. The van der Waals surface area contributed by atoms with Crippen molar-refractivity contribution in [2.75, 3.05) is 26.2 Å². The van der Waals surface area contributed by atoms with Crippen molar-refractivity contribution in [1.29, 1.82) is 0 Å². The van der Waals surface area contributed by atoms with Gasteiger partial charge in [0.15, 0.2) is 5.76 Å². The van der Waals surface area contributed by atoms with Crippen LogP contribution in [0.15, 0.2) is 64.0 Å². The maximum atomic E-state index is 13.0. The van der Waals surface area contributed by atoms with Gasteiger partial charge in [0.05, 0.1) is 23.3 Å². The Morgan fingerprint density at radius 2 is 1.72 bits per heavy atom. The molecule has 3 aromatic rings. The van der Waals surface area contributed by atoms with E-state index in [-0.39, 0.29) is 18.1 Å². The number of sulfonamides is 1. The van der Waals surface area contributed by atoms with E-state index in [1.54, 1.807) is 6.20 Å². The van der Waals surface area contributed by atoms with Gasteiger partial charge in [0.2, 0.25) is 15.9 Å². The number of halogens is 4. The molecule has 0 N–H and O–H groups in total. The smallest absolute Gasteiger partial charge is 0.416 e. The van der Waals surface area contributed by atoms with Crippen LogP contribution in [0.2, 0.25) is 5.02 Å². The molecule has 1 aliphatic rings. The van der Waals surface area contributed by atoms with Crippen molar-refractivity contribution in [2.24, 2.45) is 0 Å². The van der Waals surface area contributed by atoms with Crippen LogP contribution in [-0.2, 0) is 22.7 Å². The molecule has 0 spiro atoms. The van der Waals surface area contributed by atoms with E-state index >= 15 is 0 Å². The average molecular weight is 486 g/mol. The summed E-state index contributed by atoms with van der Waals surface area (Å²) in [5, 5.41) is -0.242. The topological polar surface area (TPSA) is 66.7 Å². The Balaban J connectivity index is 1.42. The van der Waals surface area contributed by atoms with Gasteiger partial charge in [-0.3, -0.25) is 4.90 Å². The lowest BCUT2D eigenvalue weighted by Crippen LogP contribution is -2.48. The van der Waals surface area contributed by atoms with E-state index < -0.39 is 26.7 Å². The normalized spacial score (nSPS) is 16.4. The Morgan fingerprint density at radius 3 is 2.38 bits per heavy atom. The molecule has 2 aromatic carbocycles. The Labute approximate surface area is 188 Å². The number of alkyl halides is 3. The molecule has 11 heteroatoms. The van der Waals surface area contributed by atoms with Crippen LogP contribution in [0.1, 0.15) is 11.5 Å². The zero-order valence-electron chi connectivity index (χ0n) is 16.7. The van der Waals surface area contributed by atoms with Gasteiger partial charge < -0.3 is 4.42 Å². The third-order valence-electron chi connectivity index (χ3n) is 5.18. The number of aromatic nitrogens is 1. The van der Waals surface area contributed by atoms with Gasteiger partial charge in [0.1, 0.15) is 4.90 Å². The van der Waals surface area contributed by atoms with Gasteiger partial charge in [0, 0.05) is 31.7 Å². The van der Waals surface area contributed by atoms with Crippen LogP contribution in [0.25, 0.3) is 11.3 Å². The lowest BCUT2D eigenvalue weighted by molar-refractivity contribution is -0.137. The van der Waals surface area contributed by atoms with Crippen LogP contribution < -0.4 is 0 Å². The highest BCUT2D eigenvalue weighted by Gasteiger charge is 2.35. The molecule has 0 bridgehead atoms. The van der Waals surface area contributed by atoms with E-state index in [1.165, 1.54) is 0 Å². The second kappa shape index (κ2) is 8.86. The fourth-order valence-electron chi connectivity index (χ4n) is 3.45. The Morgan fingerprint density at radius 1 is 1.03 bits per heavy atom. The number of hydrogen-bond donors (Lipinski definition) is 0. The first-order valence-electron chi connectivity index (χ1n) is 9.74. The predicted molar refractivity (Wildman–Crippen MR) is 112 cm³/mol. The molecule has 1 aliphatic heterocycles. The van der Waals surface area contributed by atoms with Crippen molar-refractivity contribution in [1.82, 2.24) is 14.2 Å². The molecular weight excluding hydrogens is 467 g/mol. The van der Waals surface area contributed by atoms with Crippen LogP contribution in [0, 0.1) is 0 Å². The molecule has 32 heavy (non-hydrogen) atoms. The highest BCUT2D eigenvalue weighted by molar-refractivity contribution is 7.89. The minimum Gasteiger partial charge on any atom is -0.439 e. The number of piperazine rings is 1. The molecule has 2 heterocycles. The zero-order valence-corrected chi connectivity index (χ0v) is 18.3. The molecule has 0 aliphatic carbocycles. The Hall–Kier alpha value is -2.40. The van der Waals surface area contributed by atoms with Crippen LogP contribution >= 0.6 is 11.6 Å². The number of benzene rings is 2. The highest BCUT2D eigenvalue weighted by atomic mass is 35.5. The summed E-state index contributed by atoms with van der Waals surface area (Å²) in [6.07, 6.45) is -3.02. The summed E-state index contributed by atoms with van der Waals surface area (Å²) in [7, 11) is -4.17. The van der Waals surface area contributed by atoms with E-state index in [1.807, 2.05) is 35.2 Å². The van der Waals surface area contributed by atoms with Crippen molar-refractivity contribution in [2.45, 2.75) is 17.6 Å². The van der Waals surface area contributed by atoms with E-state index in [0.717, 1.165) is 22.0 Å². The van der Waals surface area contributed by atoms with E-state index in [9.17, 15) is 21.6 Å². The van der Waals surface area contributed by atoms with Crippen molar-refractivity contribution in [3.8, 4) is 11.3 Å². The summed E-state index contributed by atoms with van der Waals surface area (Å²) in [5.41, 5.74) is -0.155. The maximum Gasteiger partial charge on any atom is 0.416 e. The van der Waals surface area contributed by atoms with Crippen LogP contribution in [0.5, 0.6) is 0 Å². The lowest BCUT2D eigenvalue weighted by atomic mass is 10.2. The van der Waals surface area contributed by atoms with Crippen LogP contribution in [0.4, 0.5) is 13.2 Å². The summed E-state index contributed by atoms with van der Waals surface area (Å²) in [4.78, 5) is 5.72.